The minimum atomic E-state index is -1.02. The highest BCUT2D eigenvalue weighted by molar-refractivity contribution is 5.63. The summed E-state index contributed by atoms with van der Waals surface area (Å²) in [7, 11) is 0. The second-order valence-corrected chi connectivity index (χ2v) is 4.66. The quantitative estimate of drug-likeness (QED) is 0.776. The number of hydrogen-bond acceptors (Lipinski definition) is 2. The molecule has 0 aromatic heterocycles. The van der Waals surface area contributed by atoms with Crippen molar-refractivity contribution in [3.63, 3.8) is 0 Å². The van der Waals surface area contributed by atoms with Gasteiger partial charge in [0.1, 0.15) is 5.67 Å². The summed E-state index contributed by atoms with van der Waals surface area (Å²) >= 11 is 0. The lowest BCUT2D eigenvalue weighted by Gasteiger charge is -2.16. The van der Waals surface area contributed by atoms with Crippen molar-refractivity contribution >= 4 is 5.69 Å². The summed E-state index contributed by atoms with van der Waals surface area (Å²) < 4.78 is 14.2. The standard InChI is InChI=1S/C12H15FN2.C2H6/c1-7-5-10-9(6-14-15-10)8(2)11(7)12(13)3-4-12;1-2/h5,14-15H,3-4,6H2,1-2H3;1-2H3. The van der Waals surface area contributed by atoms with Crippen LogP contribution in [0.2, 0.25) is 0 Å². The van der Waals surface area contributed by atoms with Gasteiger partial charge in [-0.25, -0.2) is 9.82 Å². The Morgan fingerprint density at radius 3 is 2.47 bits per heavy atom. The van der Waals surface area contributed by atoms with Crippen LogP contribution in [-0.4, -0.2) is 0 Å². The molecule has 0 radical (unpaired) electrons. The molecular weight excluding hydrogens is 215 g/mol. The van der Waals surface area contributed by atoms with Gasteiger partial charge in [0.05, 0.1) is 5.69 Å². The van der Waals surface area contributed by atoms with Gasteiger partial charge >= 0.3 is 0 Å². The number of rotatable bonds is 1. The molecule has 1 aromatic carbocycles. The van der Waals surface area contributed by atoms with E-state index in [1.54, 1.807) is 0 Å². The van der Waals surface area contributed by atoms with Crippen molar-refractivity contribution in [2.24, 2.45) is 0 Å². The first-order chi connectivity index (χ1) is 8.12. The first-order valence-corrected chi connectivity index (χ1v) is 6.43. The minimum absolute atomic E-state index is 0.689. The first-order valence-electron chi connectivity index (χ1n) is 6.43. The molecule has 0 spiro atoms. The van der Waals surface area contributed by atoms with Crippen LogP contribution in [0.5, 0.6) is 0 Å². The smallest absolute Gasteiger partial charge is 0.136 e. The van der Waals surface area contributed by atoms with Gasteiger partial charge in [-0.3, -0.25) is 0 Å². The molecule has 2 nitrogen and oxygen atoms in total. The number of fused-ring (bicyclic) bond motifs is 1. The molecular formula is C14H21FN2. The van der Waals surface area contributed by atoms with E-state index in [2.05, 4.69) is 16.9 Å². The van der Waals surface area contributed by atoms with Crippen molar-refractivity contribution in [1.82, 2.24) is 5.43 Å². The van der Waals surface area contributed by atoms with E-state index in [4.69, 9.17) is 0 Å². The number of nitrogens with one attached hydrogen (secondary N) is 2. The maximum atomic E-state index is 14.2. The number of anilines is 1. The maximum absolute atomic E-state index is 14.2. The molecule has 17 heavy (non-hydrogen) atoms. The van der Waals surface area contributed by atoms with Gasteiger partial charge in [-0.05, 0) is 55.0 Å². The van der Waals surface area contributed by atoms with E-state index >= 15 is 0 Å². The van der Waals surface area contributed by atoms with Crippen LogP contribution in [0.25, 0.3) is 0 Å². The van der Waals surface area contributed by atoms with E-state index in [9.17, 15) is 4.39 Å². The van der Waals surface area contributed by atoms with Crippen LogP contribution >= 0.6 is 0 Å². The summed E-state index contributed by atoms with van der Waals surface area (Å²) in [6.07, 6.45) is 1.38. The van der Waals surface area contributed by atoms with Gasteiger partial charge < -0.3 is 5.43 Å². The lowest BCUT2D eigenvalue weighted by Crippen LogP contribution is -2.10. The molecule has 2 aliphatic rings. The van der Waals surface area contributed by atoms with E-state index in [1.165, 1.54) is 5.56 Å². The number of halogens is 1. The highest BCUT2D eigenvalue weighted by Crippen LogP contribution is 2.53. The molecule has 1 fully saturated rings. The third-order valence-corrected chi connectivity index (χ3v) is 3.53. The maximum Gasteiger partial charge on any atom is 0.136 e. The molecule has 3 rings (SSSR count). The molecule has 1 saturated carbocycles. The molecule has 0 atom stereocenters. The van der Waals surface area contributed by atoms with Crippen LogP contribution in [0.3, 0.4) is 0 Å². The molecule has 1 aromatic rings. The fourth-order valence-corrected chi connectivity index (χ4v) is 2.64. The lowest BCUT2D eigenvalue weighted by atomic mass is 9.92. The number of hydrogen-bond donors (Lipinski definition) is 2. The molecule has 1 heterocycles. The molecule has 94 valence electrons. The van der Waals surface area contributed by atoms with E-state index in [1.807, 2.05) is 27.7 Å². The number of alkyl halides is 1. The Morgan fingerprint density at radius 1 is 1.24 bits per heavy atom. The second kappa shape index (κ2) is 4.30. The highest BCUT2D eigenvalue weighted by atomic mass is 19.1. The van der Waals surface area contributed by atoms with E-state index in [0.29, 0.717) is 12.8 Å². The Kier molecular flexibility index (Phi) is 3.13. The van der Waals surface area contributed by atoms with E-state index < -0.39 is 5.67 Å². The Bertz CT molecular complexity index is 436. The molecule has 3 heteroatoms. The third-order valence-electron chi connectivity index (χ3n) is 3.53. The average molecular weight is 236 g/mol. The number of benzene rings is 1. The summed E-state index contributed by atoms with van der Waals surface area (Å²) in [6.45, 7) is 8.84. The van der Waals surface area contributed by atoms with Gasteiger partial charge in [0.15, 0.2) is 0 Å². The highest BCUT2D eigenvalue weighted by Gasteiger charge is 2.47. The summed E-state index contributed by atoms with van der Waals surface area (Å²) in [5, 5.41) is 0. The average Bonchev–Trinajstić information content (AvgIpc) is 2.87. The SMILES string of the molecule is CC.Cc1cc2c(c(C)c1C1(F)CC1)CNN2. The molecule has 0 bridgehead atoms. The zero-order valence-electron chi connectivity index (χ0n) is 11.1. The molecule has 1 aliphatic heterocycles. The summed E-state index contributed by atoms with van der Waals surface area (Å²) in [6, 6.07) is 2.05. The molecule has 2 N–H and O–H groups in total. The fourth-order valence-electron chi connectivity index (χ4n) is 2.64. The largest absolute Gasteiger partial charge is 0.321 e. The minimum Gasteiger partial charge on any atom is -0.321 e. The van der Waals surface area contributed by atoms with Crippen LogP contribution in [0, 0.1) is 13.8 Å². The Labute approximate surface area is 103 Å². The molecule has 0 amide bonds. The number of hydrazine groups is 1. The predicted molar refractivity (Wildman–Crippen MR) is 69.7 cm³/mol. The molecule has 0 unspecified atom stereocenters. The fraction of sp³-hybridized carbons (Fsp3) is 0.571. The van der Waals surface area contributed by atoms with E-state index in [0.717, 1.165) is 28.9 Å². The first kappa shape index (κ1) is 12.4. The Balaban J connectivity index is 0.000000514. The zero-order valence-corrected chi connectivity index (χ0v) is 11.1. The van der Waals surface area contributed by atoms with Gasteiger partial charge in [-0.1, -0.05) is 13.8 Å². The van der Waals surface area contributed by atoms with Crippen LogP contribution in [0.15, 0.2) is 6.07 Å². The lowest BCUT2D eigenvalue weighted by molar-refractivity contribution is 0.314. The zero-order chi connectivity index (χ0) is 12.6. The van der Waals surface area contributed by atoms with Crippen LogP contribution in [0.1, 0.15) is 48.9 Å². The monoisotopic (exact) mass is 236 g/mol. The topological polar surface area (TPSA) is 24.1 Å². The summed E-state index contributed by atoms with van der Waals surface area (Å²) in [5.74, 6) is 0. The van der Waals surface area contributed by atoms with Gasteiger partial charge in [-0.15, -0.1) is 0 Å². The van der Waals surface area contributed by atoms with Gasteiger partial charge in [0.2, 0.25) is 0 Å². The Hall–Kier alpha value is -1.09. The van der Waals surface area contributed by atoms with Crippen molar-refractivity contribution in [2.45, 2.75) is 52.8 Å². The van der Waals surface area contributed by atoms with Crippen LogP contribution < -0.4 is 10.9 Å². The summed E-state index contributed by atoms with van der Waals surface area (Å²) in [5.41, 5.74) is 10.6. The number of aryl methyl sites for hydroxylation is 1. The van der Waals surface area contributed by atoms with Crippen molar-refractivity contribution in [1.29, 1.82) is 0 Å². The second-order valence-electron chi connectivity index (χ2n) is 4.66. The van der Waals surface area contributed by atoms with Gasteiger partial charge in [-0.2, -0.15) is 0 Å². The Morgan fingerprint density at radius 2 is 1.88 bits per heavy atom. The van der Waals surface area contributed by atoms with Crippen molar-refractivity contribution in [2.75, 3.05) is 5.43 Å². The van der Waals surface area contributed by atoms with Gasteiger partial charge in [0, 0.05) is 6.54 Å². The third kappa shape index (κ3) is 1.93. The summed E-state index contributed by atoms with van der Waals surface area (Å²) in [4.78, 5) is 0. The van der Waals surface area contributed by atoms with Gasteiger partial charge in [0.25, 0.3) is 0 Å². The van der Waals surface area contributed by atoms with Crippen molar-refractivity contribution in [3.05, 3.63) is 28.3 Å². The van der Waals surface area contributed by atoms with Crippen LogP contribution in [-0.2, 0) is 12.2 Å². The van der Waals surface area contributed by atoms with Crippen molar-refractivity contribution in [3.8, 4) is 0 Å². The van der Waals surface area contributed by atoms with Crippen LogP contribution in [0.4, 0.5) is 10.1 Å². The van der Waals surface area contributed by atoms with E-state index in [-0.39, 0.29) is 0 Å². The normalized spacial score (nSPS) is 18.9. The molecule has 0 saturated heterocycles. The molecule has 1 aliphatic carbocycles. The predicted octanol–water partition coefficient (Wildman–Crippen LogP) is 3.72. The van der Waals surface area contributed by atoms with Crippen molar-refractivity contribution < 1.29 is 4.39 Å².